The molecule has 2 fully saturated rings. The molecule has 2 bridgehead atoms. The number of allylic oxidation sites excluding steroid dienone is 2. The van der Waals surface area contributed by atoms with Crippen molar-refractivity contribution in [2.24, 2.45) is 23.2 Å². The topological polar surface area (TPSA) is 18.5 Å². The normalized spacial score (nSPS) is 36.2. The molecule has 2 nitrogen and oxygen atoms in total. The van der Waals surface area contributed by atoms with E-state index in [1.54, 1.807) is 0 Å². The lowest BCUT2D eigenvalue weighted by atomic mass is 9.65. The van der Waals surface area contributed by atoms with Crippen molar-refractivity contribution >= 4 is 0 Å². The Morgan fingerprint density at radius 1 is 1.05 bits per heavy atom. The number of hydrogen-bond acceptors (Lipinski definition) is 2. The van der Waals surface area contributed by atoms with E-state index in [0.29, 0.717) is 0 Å². The largest absolute Gasteiger partial charge is 0.501 e. The highest BCUT2D eigenvalue weighted by atomic mass is 16.5. The Balaban J connectivity index is 2.13. The zero-order chi connectivity index (χ0) is 14.4. The van der Waals surface area contributed by atoms with Crippen LogP contribution in [0, 0.1) is 23.2 Å². The standard InChI is InChI=1S/C18H30O2/c1-4-7-17-15-8-9-16(12-15)18(17,13-19-10-5-2)14-20-11-6-3/h5-6,10-11,15-17H,4,7-9,12-14H2,1-3H3. The first-order valence-electron chi connectivity index (χ1n) is 8.24. The molecule has 20 heavy (non-hydrogen) atoms. The molecule has 2 heteroatoms. The fourth-order valence-electron chi connectivity index (χ4n) is 4.60. The van der Waals surface area contributed by atoms with E-state index in [-0.39, 0.29) is 5.41 Å². The summed E-state index contributed by atoms with van der Waals surface area (Å²) in [6, 6.07) is 0. The average molecular weight is 278 g/mol. The van der Waals surface area contributed by atoms with Gasteiger partial charge in [-0.05, 0) is 57.3 Å². The first-order valence-corrected chi connectivity index (χ1v) is 8.24. The highest BCUT2D eigenvalue weighted by molar-refractivity contribution is 5.06. The minimum absolute atomic E-state index is 0.234. The van der Waals surface area contributed by atoms with Crippen molar-refractivity contribution in [3.05, 3.63) is 24.7 Å². The van der Waals surface area contributed by atoms with Gasteiger partial charge in [-0.15, -0.1) is 0 Å². The van der Waals surface area contributed by atoms with E-state index >= 15 is 0 Å². The van der Waals surface area contributed by atoms with Gasteiger partial charge in [0.25, 0.3) is 0 Å². The Morgan fingerprint density at radius 2 is 1.70 bits per heavy atom. The lowest BCUT2D eigenvalue weighted by molar-refractivity contribution is -0.0470. The van der Waals surface area contributed by atoms with Crippen molar-refractivity contribution < 1.29 is 9.47 Å². The fraction of sp³-hybridized carbons (Fsp3) is 0.778. The van der Waals surface area contributed by atoms with E-state index in [1.807, 2.05) is 38.5 Å². The van der Waals surface area contributed by atoms with Gasteiger partial charge in [0.15, 0.2) is 0 Å². The van der Waals surface area contributed by atoms with Crippen LogP contribution in [0.2, 0.25) is 0 Å². The molecular weight excluding hydrogens is 248 g/mol. The fourth-order valence-corrected chi connectivity index (χ4v) is 4.60. The third kappa shape index (κ3) is 2.89. The molecule has 0 N–H and O–H groups in total. The number of hydrogen-bond donors (Lipinski definition) is 0. The van der Waals surface area contributed by atoms with Gasteiger partial charge in [0, 0.05) is 5.41 Å². The Bertz CT molecular complexity index is 329. The molecular formula is C18H30O2. The van der Waals surface area contributed by atoms with Gasteiger partial charge < -0.3 is 9.47 Å². The van der Waals surface area contributed by atoms with Crippen molar-refractivity contribution in [2.75, 3.05) is 13.2 Å². The smallest absolute Gasteiger partial charge is 0.0967 e. The third-order valence-electron chi connectivity index (χ3n) is 5.36. The molecule has 114 valence electrons. The maximum atomic E-state index is 5.85. The van der Waals surface area contributed by atoms with Crippen molar-refractivity contribution in [1.82, 2.24) is 0 Å². The van der Waals surface area contributed by atoms with Gasteiger partial charge in [0.1, 0.15) is 0 Å². The molecule has 0 aromatic rings. The summed E-state index contributed by atoms with van der Waals surface area (Å²) >= 11 is 0. The molecule has 0 radical (unpaired) electrons. The van der Waals surface area contributed by atoms with Crippen LogP contribution in [0.3, 0.4) is 0 Å². The summed E-state index contributed by atoms with van der Waals surface area (Å²) in [4.78, 5) is 0. The van der Waals surface area contributed by atoms with E-state index in [1.165, 1.54) is 32.1 Å². The summed E-state index contributed by atoms with van der Waals surface area (Å²) in [5, 5.41) is 0. The van der Waals surface area contributed by atoms with Gasteiger partial charge >= 0.3 is 0 Å². The Kier molecular flexibility index (Phi) is 5.56. The quantitative estimate of drug-likeness (QED) is 0.587. The van der Waals surface area contributed by atoms with Crippen LogP contribution in [0.1, 0.15) is 52.9 Å². The molecule has 2 rings (SSSR count). The molecule has 0 aliphatic heterocycles. The van der Waals surface area contributed by atoms with Crippen molar-refractivity contribution in [3.8, 4) is 0 Å². The molecule has 0 saturated heterocycles. The van der Waals surface area contributed by atoms with Crippen LogP contribution in [0.15, 0.2) is 24.7 Å². The first-order chi connectivity index (χ1) is 9.78. The SMILES string of the molecule is CC=COCC1(COC=CC)C2CCC(C2)C1CCC. The third-order valence-corrected chi connectivity index (χ3v) is 5.36. The minimum Gasteiger partial charge on any atom is -0.501 e. The lowest BCUT2D eigenvalue weighted by Crippen LogP contribution is -2.43. The number of fused-ring (bicyclic) bond motifs is 2. The molecule has 3 atom stereocenters. The molecule has 0 spiro atoms. The molecule has 0 aromatic heterocycles. The summed E-state index contributed by atoms with van der Waals surface area (Å²) < 4.78 is 11.7. The number of rotatable bonds is 8. The van der Waals surface area contributed by atoms with Crippen molar-refractivity contribution in [1.29, 1.82) is 0 Å². The second-order valence-corrected chi connectivity index (χ2v) is 6.46. The van der Waals surface area contributed by atoms with E-state index < -0.39 is 0 Å². The highest BCUT2D eigenvalue weighted by Gasteiger charge is 2.58. The van der Waals surface area contributed by atoms with Crippen LogP contribution in [0.25, 0.3) is 0 Å². The first kappa shape index (κ1) is 15.5. The molecule has 2 aliphatic carbocycles. The molecule has 2 aliphatic rings. The van der Waals surface area contributed by atoms with E-state index in [2.05, 4.69) is 6.92 Å². The Labute approximate surface area is 124 Å². The molecule has 3 unspecified atom stereocenters. The summed E-state index contributed by atoms with van der Waals surface area (Å²) in [6.45, 7) is 7.96. The zero-order valence-corrected chi connectivity index (χ0v) is 13.3. The summed E-state index contributed by atoms with van der Waals surface area (Å²) in [5.74, 6) is 2.48. The van der Waals surface area contributed by atoms with Crippen LogP contribution in [-0.2, 0) is 9.47 Å². The summed E-state index contributed by atoms with van der Waals surface area (Å²) in [5.41, 5.74) is 0.234. The highest BCUT2D eigenvalue weighted by Crippen LogP contribution is 2.61. The average Bonchev–Trinajstić information content (AvgIpc) is 3.02. The van der Waals surface area contributed by atoms with Crippen molar-refractivity contribution in [2.45, 2.75) is 52.9 Å². The summed E-state index contributed by atoms with van der Waals surface area (Å²) in [6.07, 6.45) is 14.4. The van der Waals surface area contributed by atoms with Gasteiger partial charge in [-0.1, -0.05) is 25.5 Å². The van der Waals surface area contributed by atoms with Gasteiger partial charge in [-0.25, -0.2) is 0 Å². The van der Waals surface area contributed by atoms with Crippen molar-refractivity contribution in [3.63, 3.8) is 0 Å². The van der Waals surface area contributed by atoms with E-state index in [4.69, 9.17) is 9.47 Å². The number of ether oxygens (including phenoxy) is 2. The Hall–Kier alpha value is -0.920. The molecule has 2 saturated carbocycles. The molecule has 0 aromatic carbocycles. The maximum Gasteiger partial charge on any atom is 0.0967 e. The molecule has 0 amide bonds. The minimum atomic E-state index is 0.234. The summed E-state index contributed by atoms with van der Waals surface area (Å²) in [7, 11) is 0. The van der Waals surface area contributed by atoms with E-state index in [9.17, 15) is 0 Å². The lowest BCUT2D eigenvalue weighted by Gasteiger charge is -2.43. The van der Waals surface area contributed by atoms with Crippen LogP contribution in [-0.4, -0.2) is 13.2 Å². The van der Waals surface area contributed by atoms with E-state index in [0.717, 1.165) is 31.0 Å². The monoisotopic (exact) mass is 278 g/mol. The maximum absolute atomic E-state index is 5.85. The van der Waals surface area contributed by atoms with Crippen LogP contribution < -0.4 is 0 Å². The van der Waals surface area contributed by atoms with Crippen LogP contribution in [0.4, 0.5) is 0 Å². The van der Waals surface area contributed by atoms with Crippen LogP contribution in [0.5, 0.6) is 0 Å². The predicted octanol–water partition coefficient (Wildman–Crippen LogP) is 4.92. The van der Waals surface area contributed by atoms with Gasteiger partial charge in [-0.2, -0.15) is 0 Å². The Morgan fingerprint density at radius 3 is 2.25 bits per heavy atom. The zero-order valence-electron chi connectivity index (χ0n) is 13.3. The predicted molar refractivity (Wildman–Crippen MR) is 83.2 cm³/mol. The molecule has 0 heterocycles. The van der Waals surface area contributed by atoms with Gasteiger partial charge in [0.05, 0.1) is 25.7 Å². The van der Waals surface area contributed by atoms with Gasteiger partial charge in [-0.3, -0.25) is 0 Å². The van der Waals surface area contributed by atoms with Gasteiger partial charge in [0.2, 0.25) is 0 Å². The van der Waals surface area contributed by atoms with Crippen LogP contribution >= 0.6 is 0 Å². The second-order valence-electron chi connectivity index (χ2n) is 6.46. The second kappa shape index (κ2) is 7.19.